The van der Waals surface area contributed by atoms with E-state index in [-0.39, 0.29) is 23.1 Å². The summed E-state index contributed by atoms with van der Waals surface area (Å²) in [6.07, 6.45) is 5.21. The highest BCUT2D eigenvalue weighted by molar-refractivity contribution is 6.08. The number of anilines is 3. The molecule has 1 aliphatic rings. The minimum atomic E-state index is -0.569. The van der Waals surface area contributed by atoms with E-state index in [4.69, 9.17) is 11.5 Å². The quantitative estimate of drug-likeness (QED) is 0.578. The van der Waals surface area contributed by atoms with Gasteiger partial charge in [0.05, 0.1) is 23.3 Å². The summed E-state index contributed by atoms with van der Waals surface area (Å²) in [6, 6.07) is 8.73. The second-order valence-corrected chi connectivity index (χ2v) is 8.22. The smallest absolute Gasteiger partial charge is 0.276 e. The van der Waals surface area contributed by atoms with Gasteiger partial charge in [0.15, 0.2) is 11.5 Å². The number of benzene rings is 1. The van der Waals surface area contributed by atoms with Crippen LogP contribution in [0.25, 0.3) is 11.3 Å². The molecule has 1 fully saturated rings. The Morgan fingerprint density at radius 2 is 2.00 bits per heavy atom. The Balaban J connectivity index is 1.68. The molecule has 3 aromatic rings. The SMILES string of the molecule is Cc1cccc(C)c1-c1nc(C(=O)Nc2cnccc2N2CCC[C@H](N)C2)c(N)cc1F. The Morgan fingerprint density at radius 3 is 2.72 bits per heavy atom. The fourth-order valence-corrected chi connectivity index (χ4v) is 4.22. The number of piperidine rings is 1. The van der Waals surface area contributed by atoms with Gasteiger partial charge < -0.3 is 21.7 Å². The first kappa shape index (κ1) is 21.7. The van der Waals surface area contributed by atoms with Gasteiger partial charge in [0, 0.05) is 37.0 Å². The van der Waals surface area contributed by atoms with Gasteiger partial charge in [-0.3, -0.25) is 9.78 Å². The molecule has 7 nitrogen and oxygen atoms in total. The summed E-state index contributed by atoms with van der Waals surface area (Å²) >= 11 is 0. The fraction of sp³-hybridized carbons (Fsp3) is 0.292. The normalized spacial score (nSPS) is 16.1. The molecule has 1 saturated heterocycles. The molecule has 0 saturated carbocycles. The third-order valence-corrected chi connectivity index (χ3v) is 5.78. The molecule has 1 amide bonds. The minimum Gasteiger partial charge on any atom is -0.397 e. The van der Waals surface area contributed by atoms with Crippen LogP contribution < -0.4 is 21.7 Å². The van der Waals surface area contributed by atoms with E-state index in [1.165, 1.54) is 0 Å². The number of rotatable bonds is 4. The highest BCUT2D eigenvalue weighted by Crippen LogP contribution is 2.31. The summed E-state index contributed by atoms with van der Waals surface area (Å²) in [5.41, 5.74) is 15.9. The van der Waals surface area contributed by atoms with E-state index in [0.717, 1.165) is 42.3 Å². The lowest BCUT2D eigenvalue weighted by Gasteiger charge is -2.33. The van der Waals surface area contributed by atoms with Crippen molar-refractivity contribution in [3.8, 4) is 11.3 Å². The Hall–Kier alpha value is -3.52. The van der Waals surface area contributed by atoms with E-state index in [0.29, 0.717) is 17.8 Å². The van der Waals surface area contributed by atoms with Gasteiger partial charge in [-0.05, 0) is 43.9 Å². The van der Waals surface area contributed by atoms with Crippen LogP contribution in [0.15, 0.2) is 42.7 Å². The van der Waals surface area contributed by atoms with Gasteiger partial charge >= 0.3 is 0 Å². The van der Waals surface area contributed by atoms with Crippen LogP contribution in [0.5, 0.6) is 0 Å². The molecule has 8 heteroatoms. The summed E-state index contributed by atoms with van der Waals surface area (Å²) in [4.78, 5) is 23.8. The van der Waals surface area contributed by atoms with E-state index >= 15 is 0 Å². The van der Waals surface area contributed by atoms with Crippen LogP contribution in [0.4, 0.5) is 21.5 Å². The van der Waals surface area contributed by atoms with Gasteiger partial charge in [0.1, 0.15) is 5.69 Å². The van der Waals surface area contributed by atoms with Crippen molar-refractivity contribution in [2.45, 2.75) is 32.7 Å². The van der Waals surface area contributed by atoms with Crippen molar-refractivity contribution < 1.29 is 9.18 Å². The number of amides is 1. The zero-order valence-corrected chi connectivity index (χ0v) is 18.2. The molecule has 0 spiro atoms. The minimum absolute atomic E-state index is 0.0274. The van der Waals surface area contributed by atoms with E-state index < -0.39 is 11.7 Å². The number of nitrogens with zero attached hydrogens (tertiary/aromatic N) is 3. The third kappa shape index (κ3) is 4.27. The van der Waals surface area contributed by atoms with Crippen molar-refractivity contribution in [3.63, 3.8) is 0 Å². The Kier molecular flexibility index (Phi) is 6.05. The standard InChI is InChI=1S/C24H27FN6O/c1-14-5-3-6-15(2)21(14)22-17(25)11-18(27)23(30-22)24(32)29-19-12-28-9-8-20(19)31-10-4-7-16(26)13-31/h3,5-6,8-9,11-12,16H,4,7,10,13,26-27H2,1-2H3,(H,29,32)/t16-/m0/s1. The zero-order valence-electron chi connectivity index (χ0n) is 18.2. The number of hydrogen-bond acceptors (Lipinski definition) is 6. The summed E-state index contributed by atoms with van der Waals surface area (Å²) in [5, 5.41) is 2.86. The number of pyridine rings is 2. The van der Waals surface area contributed by atoms with Crippen LogP contribution in [0.2, 0.25) is 0 Å². The molecule has 166 valence electrons. The van der Waals surface area contributed by atoms with Gasteiger partial charge in [-0.15, -0.1) is 0 Å². The Morgan fingerprint density at radius 1 is 1.25 bits per heavy atom. The van der Waals surface area contributed by atoms with E-state index in [1.54, 1.807) is 12.4 Å². The van der Waals surface area contributed by atoms with Crippen LogP contribution in [0.1, 0.15) is 34.5 Å². The second-order valence-electron chi connectivity index (χ2n) is 8.22. The first-order valence-electron chi connectivity index (χ1n) is 10.6. The maximum atomic E-state index is 14.8. The number of nitrogens with two attached hydrogens (primary N) is 2. The summed E-state index contributed by atoms with van der Waals surface area (Å²) < 4.78 is 14.8. The molecule has 2 aromatic heterocycles. The number of nitrogens with one attached hydrogen (secondary N) is 1. The Bertz CT molecular complexity index is 1140. The number of carbonyl (C=O) groups excluding carboxylic acids is 1. The molecule has 4 rings (SSSR count). The molecular formula is C24H27FN6O. The molecule has 0 bridgehead atoms. The van der Waals surface area contributed by atoms with Gasteiger partial charge in [-0.2, -0.15) is 0 Å². The topological polar surface area (TPSA) is 110 Å². The van der Waals surface area contributed by atoms with Crippen molar-refractivity contribution in [2.24, 2.45) is 5.73 Å². The zero-order chi connectivity index (χ0) is 22.8. The molecule has 1 aromatic carbocycles. The average molecular weight is 435 g/mol. The average Bonchev–Trinajstić information content (AvgIpc) is 2.75. The lowest BCUT2D eigenvalue weighted by molar-refractivity contribution is 0.102. The van der Waals surface area contributed by atoms with Gasteiger partial charge in [0.25, 0.3) is 5.91 Å². The molecule has 1 atom stereocenters. The highest BCUT2D eigenvalue weighted by atomic mass is 19.1. The van der Waals surface area contributed by atoms with E-state index in [1.807, 2.05) is 38.1 Å². The number of nitrogen functional groups attached to an aromatic ring is 1. The van der Waals surface area contributed by atoms with E-state index in [9.17, 15) is 9.18 Å². The molecule has 1 aliphatic heterocycles. The molecule has 0 aliphatic carbocycles. The first-order valence-corrected chi connectivity index (χ1v) is 10.6. The number of aromatic nitrogens is 2. The van der Waals surface area contributed by atoms with Crippen molar-refractivity contribution in [3.05, 3.63) is 65.4 Å². The predicted octanol–water partition coefficient (Wildman–Crippen LogP) is 3.66. The fourth-order valence-electron chi connectivity index (χ4n) is 4.22. The van der Waals surface area contributed by atoms with Crippen LogP contribution >= 0.6 is 0 Å². The van der Waals surface area contributed by atoms with Crippen molar-refractivity contribution >= 4 is 23.0 Å². The molecule has 0 radical (unpaired) electrons. The summed E-state index contributed by atoms with van der Waals surface area (Å²) in [7, 11) is 0. The first-order chi connectivity index (χ1) is 15.3. The van der Waals surface area contributed by atoms with Crippen molar-refractivity contribution in [1.29, 1.82) is 0 Å². The number of hydrogen-bond donors (Lipinski definition) is 3. The molecule has 0 unspecified atom stereocenters. The predicted molar refractivity (Wildman–Crippen MR) is 125 cm³/mol. The van der Waals surface area contributed by atoms with Crippen LogP contribution in [0, 0.1) is 19.7 Å². The summed E-state index contributed by atoms with van der Waals surface area (Å²) in [6.45, 7) is 5.30. The van der Waals surface area contributed by atoms with Crippen LogP contribution in [-0.2, 0) is 0 Å². The van der Waals surface area contributed by atoms with Gasteiger partial charge in [-0.25, -0.2) is 9.37 Å². The van der Waals surface area contributed by atoms with Crippen molar-refractivity contribution in [2.75, 3.05) is 29.0 Å². The number of aryl methyl sites for hydroxylation is 2. The number of halogens is 1. The third-order valence-electron chi connectivity index (χ3n) is 5.78. The molecule has 5 N–H and O–H groups in total. The largest absolute Gasteiger partial charge is 0.397 e. The van der Waals surface area contributed by atoms with Crippen molar-refractivity contribution in [1.82, 2.24) is 9.97 Å². The Labute approximate surface area is 186 Å². The number of carbonyl (C=O) groups is 1. The van der Waals surface area contributed by atoms with Crippen LogP contribution in [-0.4, -0.2) is 35.0 Å². The summed E-state index contributed by atoms with van der Waals surface area (Å²) in [5.74, 6) is -1.09. The molecule has 32 heavy (non-hydrogen) atoms. The maximum absolute atomic E-state index is 14.8. The van der Waals surface area contributed by atoms with Gasteiger partial charge in [-0.1, -0.05) is 18.2 Å². The molecular weight excluding hydrogens is 407 g/mol. The monoisotopic (exact) mass is 434 g/mol. The molecule has 3 heterocycles. The van der Waals surface area contributed by atoms with Crippen LogP contribution in [0.3, 0.4) is 0 Å². The van der Waals surface area contributed by atoms with Gasteiger partial charge in [0.2, 0.25) is 0 Å². The maximum Gasteiger partial charge on any atom is 0.276 e. The van der Waals surface area contributed by atoms with E-state index in [2.05, 4.69) is 20.2 Å². The lowest BCUT2D eigenvalue weighted by atomic mass is 9.99. The highest BCUT2D eigenvalue weighted by Gasteiger charge is 2.23. The lowest BCUT2D eigenvalue weighted by Crippen LogP contribution is -2.43. The second kappa shape index (κ2) is 8.92.